The zero-order valence-electron chi connectivity index (χ0n) is 14.0. The van der Waals surface area contributed by atoms with Crippen LogP contribution in [0, 0.1) is 5.82 Å². The van der Waals surface area contributed by atoms with E-state index >= 15 is 0 Å². The molecular formula is C20H16FNO4. The van der Waals surface area contributed by atoms with E-state index in [-0.39, 0.29) is 18.0 Å². The van der Waals surface area contributed by atoms with Crippen LogP contribution in [-0.4, -0.2) is 29.1 Å². The molecule has 0 spiro atoms. The molecule has 2 aromatic carbocycles. The molecule has 132 valence electrons. The maximum absolute atomic E-state index is 13.9. The number of carbonyl (C=O) groups excluding carboxylic acids is 1. The number of ether oxygens (including phenoxy) is 1. The van der Waals surface area contributed by atoms with Crippen LogP contribution in [0.3, 0.4) is 0 Å². The Morgan fingerprint density at radius 1 is 1.15 bits per heavy atom. The molecule has 0 fully saturated rings. The van der Waals surface area contributed by atoms with Gasteiger partial charge in [0.15, 0.2) is 0 Å². The molecule has 0 aliphatic heterocycles. The molecule has 0 radical (unpaired) electrons. The average molecular weight is 353 g/mol. The fraction of sp³-hybridized carbons (Fsp3) is 0.150. The molecule has 3 aromatic rings. The smallest absolute Gasteiger partial charge is 0.338 e. The summed E-state index contributed by atoms with van der Waals surface area (Å²) in [5.41, 5.74) is 1.73. The summed E-state index contributed by atoms with van der Waals surface area (Å²) in [6, 6.07) is 11.6. The number of benzene rings is 2. The lowest BCUT2D eigenvalue weighted by Gasteiger charge is -2.10. The molecule has 1 heterocycles. The Bertz CT molecular complexity index is 1000. The number of nitrogens with zero attached hydrogens (tertiary/aromatic N) is 1. The van der Waals surface area contributed by atoms with Gasteiger partial charge in [-0.2, -0.15) is 0 Å². The van der Waals surface area contributed by atoms with Crippen LogP contribution in [-0.2, 0) is 22.4 Å². The highest BCUT2D eigenvalue weighted by molar-refractivity contribution is 5.90. The van der Waals surface area contributed by atoms with Crippen molar-refractivity contribution in [2.75, 3.05) is 7.11 Å². The van der Waals surface area contributed by atoms with Gasteiger partial charge in [0.2, 0.25) is 0 Å². The minimum Gasteiger partial charge on any atom is -0.478 e. The third-order valence-electron chi connectivity index (χ3n) is 4.16. The van der Waals surface area contributed by atoms with Gasteiger partial charge in [0.1, 0.15) is 5.82 Å². The highest BCUT2D eigenvalue weighted by atomic mass is 19.1. The Hall–Kier alpha value is -3.28. The van der Waals surface area contributed by atoms with Crippen LogP contribution < -0.4 is 0 Å². The summed E-state index contributed by atoms with van der Waals surface area (Å²) in [5, 5.41) is 10.7. The number of carboxylic acids is 1. The van der Waals surface area contributed by atoms with Gasteiger partial charge >= 0.3 is 11.9 Å². The second-order valence-electron chi connectivity index (χ2n) is 5.82. The van der Waals surface area contributed by atoms with Crippen molar-refractivity contribution in [3.8, 4) is 0 Å². The highest BCUT2D eigenvalue weighted by Crippen LogP contribution is 2.24. The van der Waals surface area contributed by atoms with Crippen molar-refractivity contribution in [2.24, 2.45) is 0 Å². The van der Waals surface area contributed by atoms with Gasteiger partial charge in [0.05, 0.1) is 24.8 Å². The zero-order valence-corrected chi connectivity index (χ0v) is 14.0. The van der Waals surface area contributed by atoms with E-state index in [9.17, 15) is 14.0 Å². The number of hydrogen-bond acceptors (Lipinski definition) is 4. The van der Waals surface area contributed by atoms with Crippen LogP contribution in [0.5, 0.6) is 0 Å². The Labute approximate surface area is 149 Å². The van der Waals surface area contributed by atoms with Crippen LogP contribution in [0.1, 0.15) is 27.2 Å². The summed E-state index contributed by atoms with van der Waals surface area (Å²) in [4.78, 5) is 26.9. The van der Waals surface area contributed by atoms with E-state index < -0.39 is 11.8 Å². The largest absolute Gasteiger partial charge is 0.478 e. The predicted molar refractivity (Wildman–Crippen MR) is 93.6 cm³/mol. The quantitative estimate of drug-likeness (QED) is 0.712. The second-order valence-corrected chi connectivity index (χ2v) is 5.82. The number of halogens is 1. The van der Waals surface area contributed by atoms with E-state index in [1.54, 1.807) is 12.3 Å². The topological polar surface area (TPSA) is 76.5 Å². The number of hydrogen-bond donors (Lipinski definition) is 1. The summed E-state index contributed by atoms with van der Waals surface area (Å²) >= 11 is 0. The SMILES string of the molecule is COC(=O)Cc1cnc(Cc2ccc(C(=O)O)c(F)c2)c2ccccc12. The van der Waals surface area contributed by atoms with Gasteiger partial charge in [0.25, 0.3) is 0 Å². The van der Waals surface area contributed by atoms with Gasteiger partial charge in [-0.25, -0.2) is 9.18 Å². The molecule has 5 nitrogen and oxygen atoms in total. The minimum absolute atomic E-state index is 0.117. The third-order valence-corrected chi connectivity index (χ3v) is 4.16. The summed E-state index contributed by atoms with van der Waals surface area (Å²) in [7, 11) is 1.33. The molecule has 1 N–H and O–H groups in total. The first kappa shape index (κ1) is 17.5. The molecular weight excluding hydrogens is 337 g/mol. The number of aromatic nitrogens is 1. The lowest BCUT2D eigenvalue weighted by Crippen LogP contribution is -2.06. The predicted octanol–water partition coefficient (Wildman–Crippen LogP) is 3.38. The molecule has 0 bridgehead atoms. The average Bonchev–Trinajstić information content (AvgIpc) is 2.63. The van der Waals surface area contributed by atoms with Crippen LogP contribution in [0.15, 0.2) is 48.7 Å². The van der Waals surface area contributed by atoms with E-state index in [2.05, 4.69) is 4.98 Å². The molecule has 0 unspecified atom stereocenters. The second kappa shape index (κ2) is 7.31. The Kier molecular flexibility index (Phi) is 4.93. The molecule has 0 amide bonds. The van der Waals surface area contributed by atoms with Gasteiger partial charge in [-0.3, -0.25) is 9.78 Å². The van der Waals surface area contributed by atoms with Gasteiger partial charge < -0.3 is 9.84 Å². The summed E-state index contributed by atoms with van der Waals surface area (Å²) < 4.78 is 18.6. The lowest BCUT2D eigenvalue weighted by atomic mass is 9.99. The fourth-order valence-electron chi connectivity index (χ4n) is 2.85. The number of fused-ring (bicyclic) bond motifs is 1. The van der Waals surface area contributed by atoms with Crippen LogP contribution in [0.25, 0.3) is 10.8 Å². The highest BCUT2D eigenvalue weighted by Gasteiger charge is 2.14. The van der Waals surface area contributed by atoms with E-state index in [4.69, 9.17) is 9.84 Å². The van der Waals surface area contributed by atoms with E-state index in [1.807, 2.05) is 24.3 Å². The monoisotopic (exact) mass is 353 g/mol. The van der Waals surface area contributed by atoms with Crippen LogP contribution in [0.4, 0.5) is 4.39 Å². The van der Waals surface area contributed by atoms with E-state index in [0.29, 0.717) is 12.0 Å². The zero-order chi connectivity index (χ0) is 18.7. The first-order valence-corrected chi connectivity index (χ1v) is 7.93. The minimum atomic E-state index is -1.30. The van der Waals surface area contributed by atoms with Crippen molar-refractivity contribution in [1.82, 2.24) is 4.98 Å². The van der Waals surface area contributed by atoms with Gasteiger partial charge in [-0.15, -0.1) is 0 Å². The molecule has 6 heteroatoms. The van der Waals surface area contributed by atoms with Crippen molar-refractivity contribution in [3.63, 3.8) is 0 Å². The summed E-state index contributed by atoms with van der Waals surface area (Å²) in [6.07, 6.45) is 2.08. The first-order chi connectivity index (χ1) is 12.5. The number of methoxy groups -OCH3 is 1. The molecule has 0 saturated heterocycles. The number of esters is 1. The number of aromatic carboxylic acids is 1. The lowest BCUT2D eigenvalue weighted by molar-refractivity contribution is -0.139. The Morgan fingerprint density at radius 2 is 1.88 bits per heavy atom. The standard InChI is InChI=1S/C20H16FNO4/c1-26-19(23)10-13-11-22-18(15-5-3-2-4-14(13)15)9-12-6-7-16(20(24)25)17(21)8-12/h2-8,11H,9-10H2,1H3,(H,24,25). The molecule has 0 atom stereocenters. The number of pyridine rings is 1. The van der Waals surface area contributed by atoms with Crippen molar-refractivity contribution >= 4 is 22.7 Å². The van der Waals surface area contributed by atoms with Gasteiger partial charge in [-0.05, 0) is 28.6 Å². The number of carboxylic acid groups (broad SMARTS) is 1. The molecule has 26 heavy (non-hydrogen) atoms. The molecule has 0 saturated carbocycles. The van der Waals surface area contributed by atoms with Crippen LogP contribution >= 0.6 is 0 Å². The summed E-state index contributed by atoms with van der Waals surface area (Å²) in [6.45, 7) is 0. The van der Waals surface area contributed by atoms with Crippen molar-refractivity contribution in [3.05, 3.63) is 76.9 Å². The van der Waals surface area contributed by atoms with E-state index in [1.165, 1.54) is 19.2 Å². The van der Waals surface area contributed by atoms with Gasteiger partial charge in [0, 0.05) is 18.0 Å². The summed E-state index contributed by atoms with van der Waals surface area (Å²) in [5.74, 6) is -2.43. The third kappa shape index (κ3) is 3.54. The van der Waals surface area contributed by atoms with Gasteiger partial charge in [-0.1, -0.05) is 30.3 Å². The number of carbonyl (C=O) groups is 2. The van der Waals surface area contributed by atoms with Crippen molar-refractivity contribution < 1.29 is 23.8 Å². The van der Waals surface area contributed by atoms with Crippen molar-refractivity contribution in [1.29, 1.82) is 0 Å². The van der Waals surface area contributed by atoms with Crippen molar-refractivity contribution in [2.45, 2.75) is 12.8 Å². The maximum atomic E-state index is 13.9. The fourth-order valence-corrected chi connectivity index (χ4v) is 2.85. The van der Waals surface area contributed by atoms with E-state index in [0.717, 1.165) is 22.0 Å². The Balaban J connectivity index is 1.99. The normalized spacial score (nSPS) is 10.7. The molecule has 0 aliphatic carbocycles. The first-order valence-electron chi connectivity index (χ1n) is 7.93. The Morgan fingerprint density at radius 3 is 2.54 bits per heavy atom. The molecule has 0 aliphatic rings. The molecule has 1 aromatic heterocycles. The maximum Gasteiger partial charge on any atom is 0.338 e. The number of rotatable bonds is 5. The molecule has 3 rings (SSSR count). The van der Waals surface area contributed by atoms with Crippen LogP contribution in [0.2, 0.25) is 0 Å².